The van der Waals surface area contributed by atoms with Gasteiger partial charge in [0.1, 0.15) is 0 Å². The number of aryl methyl sites for hydroxylation is 1. The summed E-state index contributed by atoms with van der Waals surface area (Å²) in [7, 11) is -2.22. The first-order valence-corrected chi connectivity index (χ1v) is 13.0. The number of nitrogens with zero attached hydrogens (tertiary/aromatic N) is 3. The summed E-state index contributed by atoms with van der Waals surface area (Å²) in [5.41, 5.74) is 2.11. The van der Waals surface area contributed by atoms with Crippen LogP contribution in [0.25, 0.3) is 0 Å². The van der Waals surface area contributed by atoms with Crippen molar-refractivity contribution >= 4 is 21.6 Å². The van der Waals surface area contributed by atoms with Crippen LogP contribution in [0.5, 0.6) is 0 Å². The summed E-state index contributed by atoms with van der Waals surface area (Å²) < 4.78 is 27.8. The van der Waals surface area contributed by atoms with Gasteiger partial charge in [-0.1, -0.05) is 30.7 Å². The van der Waals surface area contributed by atoms with E-state index in [1.165, 1.54) is 4.31 Å². The van der Waals surface area contributed by atoms with Crippen molar-refractivity contribution in [2.75, 3.05) is 31.0 Å². The summed E-state index contributed by atoms with van der Waals surface area (Å²) in [5.74, 6) is -0.0440. The highest BCUT2D eigenvalue weighted by Gasteiger charge is 2.39. The molecule has 2 aromatic carbocycles. The average molecular weight is 456 g/mol. The van der Waals surface area contributed by atoms with Gasteiger partial charge in [0, 0.05) is 37.8 Å². The second-order valence-corrected chi connectivity index (χ2v) is 10.9. The lowest BCUT2D eigenvalue weighted by atomic mass is 10.0. The average Bonchev–Trinajstić information content (AvgIpc) is 3.65. The van der Waals surface area contributed by atoms with Crippen molar-refractivity contribution in [2.45, 2.75) is 56.5 Å². The number of benzene rings is 2. The molecule has 0 N–H and O–H groups in total. The first kappa shape index (κ1) is 22.8. The summed E-state index contributed by atoms with van der Waals surface area (Å²) in [6, 6.07) is 14.4. The number of piperidine rings is 1. The van der Waals surface area contributed by atoms with Gasteiger partial charge in [-0.15, -0.1) is 0 Å². The van der Waals surface area contributed by atoms with E-state index in [1.807, 2.05) is 24.0 Å². The quantitative estimate of drug-likeness (QED) is 0.635. The molecule has 0 radical (unpaired) electrons. The van der Waals surface area contributed by atoms with Crippen LogP contribution in [-0.2, 0) is 10.0 Å². The zero-order valence-electron chi connectivity index (χ0n) is 19.2. The standard InChI is InChI=1S/C25H33N3O3S/c1-4-27-16-14-23(15-17-27)28(22-12-13-22)25(29)20-6-5-7-24(18-20)32(30,31)26(3)21-10-8-19(2)9-11-21/h5-11,18,22-23H,4,12-17H2,1-3H3. The Hall–Kier alpha value is -2.38. The lowest BCUT2D eigenvalue weighted by molar-refractivity contribution is 0.0554. The Balaban J connectivity index is 1.57. The molecule has 1 amide bonds. The molecule has 2 aliphatic rings. The van der Waals surface area contributed by atoms with Crippen molar-refractivity contribution < 1.29 is 13.2 Å². The predicted octanol–water partition coefficient (Wildman–Crippen LogP) is 3.91. The first-order valence-electron chi connectivity index (χ1n) is 11.5. The van der Waals surface area contributed by atoms with E-state index >= 15 is 0 Å². The number of amides is 1. The third-order valence-corrected chi connectivity index (χ3v) is 8.49. The number of rotatable bonds is 7. The monoisotopic (exact) mass is 455 g/mol. The molecular formula is C25H33N3O3S. The van der Waals surface area contributed by atoms with Gasteiger partial charge < -0.3 is 9.80 Å². The molecule has 0 aromatic heterocycles. The molecule has 1 heterocycles. The Morgan fingerprint density at radius 1 is 1.00 bits per heavy atom. The molecule has 1 aliphatic carbocycles. The lowest BCUT2D eigenvalue weighted by Gasteiger charge is -2.38. The van der Waals surface area contributed by atoms with E-state index in [-0.39, 0.29) is 22.9 Å². The van der Waals surface area contributed by atoms with Gasteiger partial charge in [0.15, 0.2) is 0 Å². The fraction of sp³-hybridized carbons (Fsp3) is 0.480. The molecule has 0 unspecified atom stereocenters. The molecule has 1 saturated carbocycles. The lowest BCUT2D eigenvalue weighted by Crippen LogP contribution is -2.48. The maximum atomic E-state index is 13.5. The van der Waals surface area contributed by atoms with Crippen LogP contribution in [-0.4, -0.2) is 62.9 Å². The van der Waals surface area contributed by atoms with Crippen LogP contribution in [0.4, 0.5) is 5.69 Å². The second-order valence-electron chi connectivity index (χ2n) is 8.94. The normalized spacial score (nSPS) is 17.8. The van der Waals surface area contributed by atoms with Crippen LogP contribution >= 0.6 is 0 Å². The van der Waals surface area contributed by atoms with E-state index in [9.17, 15) is 13.2 Å². The number of sulfonamides is 1. The Bertz CT molecular complexity index is 1060. The van der Waals surface area contributed by atoms with Gasteiger partial charge in [-0.05, 0) is 69.5 Å². The second kappa shape index (κ2) is 9.24. The molecular weight excluding hydrogens is 422 g/mol. The van der Waals surface area contributed by atoms with E-state index in [4.69, 9.17) is 0 Å². The molecule has 1 saturated heterocycles. The third-order valence-electron chi connectivity index (χ3n) is 6.71. The zero-order chi connectivity index (χ0) is 22.9. The van der Waals surface area contributed by atoms with E-state index in [1.54, 1.807) is 43.4 Å². The largest absolute Gasteiger partial charge is 0.333 e. The van der Waals surface area contributed by atoms with Crippen molar-refractivity contribution in [3.63, 3.8) is 0 Å². The molecule has 1 aliphatic heterocycles. The van der Waals surface area contributed by atoms with Crippen molar-refractivity contribution in [1.29, 1.82) is 0 Å². The Morgan fingerprint density at radius 2 is 1.62 bits per heavy atom. The molecule has 0 spiro atoms. The molecule has 0 bridgehead atoms. The van der Waals surface area contributed by atoms with E-state index in [0.717, 1.165) is 50.9 Å². The first-order chi connectivity index (χ1) is 15.3. The van der Waals surface area contributed by atoms with Crippen molar-refractivity contribution in [3.05, 3.63) is 59.7 Å². The van der Waals surface area contributed by atoms with Gasteiger partial charge in [-0.25, -0.2) is 8.42 Å². The fourth-order valence-corrected chi connectivity index (χ4v) is 5.73. The van der Waals surface area contributed by atoms with Gasteiger partial charge in [0.05, 0.1) is 10.6 Å². The fourth-order valence-electron chi connectivity index (χ4n) is 4.49. The van der Waals surface area contributed by atoms with Crippen molar-refractivity contribution in [1.82, 2.24) is 9.80 Å². The number of hydrogen-bond acceptors (Lipinski definition) is 4. The number of hydrogen-bond donors (Lipinski definition) is 0. The van der Waals surface area contributed by atoms with Crippen LogP contribution in [0.2, 0.25) is 0 Å². The predicted molar refractivity (Wildman–Crippen MR) is 128 cm³/mol. The smallest absolute Gasteiger partial charge is 0.264 e. The highest BCUT2D eigenvalue weighted by atomic mass is 32.2. The van der Waals surface area contributed by atoms with Crippen molar-refractivity contribution in [2.24, 2.45) is 0 Å². The summed E-state index contributed by atoms with van der Waals surface area (Å²) in [5, 5.41) is 0. The topological polar surface area (TPSA) is 60.9 Å². The minimum atomic E-state index is -3.77. The minimum Gasteiger partial charge on any atom is -0.333 e. The molecule has 32 heavy (non-hydrogen) atoms. The Morgan fingerprint density at radius 3 is 2.22 bits per heavy atom. The molecule has 0 atom stereocenters. The summed E-state index contributed by atoms with van der Waals surface area (Å²) >= 11 is 0. The molecule has 6 nitrogen and oxygen atoms in total. The minimum absolute atomic E-state index is 0.0440. The van der Waals surface area contributed by atoms with Gasteiger partial charge in [0.25, 0.3) is 15.9 Å². The van der Waals surface area contributed by atoms with Gasteiger partial charge >= 0.3 is 0 Å². The molecule has 172 valence electrons. The SMILES string of the molecule is CCN1CCC(N(C(=O)c2cccc(S(=O)(=O)N(C)c3ccc(C)cc3)c2)C2CC2)CC1. The maximum absolute atomic E-state index is 13.5. The molecule has 2 aromatic rings. The van der Waals surface area contributed by atoms with Crippen LogP contribution < -0.4 is 4.31 Å². The van der Waals surface area contributed by atoms with Gasteiger partial charge in [-0.2, -0.15) is 0 Å². The van der Waals surface area contributed by atoms with E-state index in [2.05, 4.69) is 11.8 Å². The van der Waals surface area contributed by atoms with Gasteiger partial charge in [0.2, 0.25) is 0 Å². The summed E-state index contributed by atoms with van der Waals surface area (Å²) in [6.45, 7) is 7.19. The number of anilines is 1. The van der Waals surface area contributed by atoms with Crippen LogP contribution in [0.3, 0.4) is 0 Å². The Labute approximate surface area is 191 Å². The molecule has 7 heteroatoms. The third kappa shape index (κ3) is 4.69. The van der Waals surface area contributed by atoms with Crippen molar-refractivity contribution in [3.8, 4) is 0 Å². The number of carbonyl (C=O) groups excluding carboxylic acids is 1. The van der Waals surface area contributed by atoms with Crippen LogP contribution in [0, 0.1) is 6.92 Å². The summed E-state index contributed by atoms with van der Waals surface area (Å²) in [6.07, 6.45) is 4.02. The highest BCUT2D eigenvalue weighted by molar-refractivity contribution is 7.92. The summed E-state index contributed by atoms with van der Waals surface area (Å²) in [4.78, 5) is 18.1. The highest BCUT2D eigenvalue weighted by Crippen LogP contribution is 2.34. The number of carbonyl (C=O) groups is 1. The molecule has 2 fully saturated rings. The van der Waals surface area contributed by atoms with E-state index < -0.39 is 10.0 Å². The maximum Gasteiger partial charge on any atom is 0.264 e. The number of likely N-dealkylation sites (tertiary alicyclic amines) is 1. The van der Waals surface area contributed by atoms with E-state index in [0.29, 0.717) is 11.3 Å². The van der Waals surface area contributed by atoms with Crippen LogP contribution in [0.1, 0.15) is 48.5 Å². The molecule has 4 rings (SSSR count). The van der Waals surface area contributed by atoms with Crippen LogP contribution in [0.15, 0.2) is 53.4 Å². The Kier molecular flexibility index (Phi) is 6.58. The van der Waals surface area contributed by atoms with Gasteiger partial charge in [-0.3, -0.25) is 9.10 Å². The zero-order valence-corrected chi connectivity index (χ0v) is 20.0.